The number of hydrogen-bond donors (Lipinski definition) is 0. The number of halogens is 2. The molecule has 0 N–H and O–H groups in total. The molecule has 0 saturated carbocycles. The van der Waals surface area contributed by atoms with Crippen molar-refractivity contribution in [3.63, 3.8) is 0 Å². The third-order valence-corrected chi connectivity index (χ3v) is 3.76. The smallest absolute Gasteiger partial charge is 0.223 e. The fourth-order valence-electron chi connectivity index (χ4n) is 2.64. The molecule has 3 heterocycles. The number of imidazole rings is 1. The molecule has 3 aromatic heterocycles. The molecule has 8 heteroatoms. The van der Waals surface area contributed by atoms with Crippen molar-refractivity contribution >= 4 is 16.7 Å². The van der Waals surface area contributed by atoms with E-state index in [9.17, 15) is 8.78 Å². The van der Waals surface area contributed by atoms with Gasteiger partial charge in [-0.05, 0) is 19.1 Å². The Hall–Kier alpha value is -3.16. The molecule has 24 heavy (non-hydrogen) atoms. The van der Waals surface area contributed by atoms with E-state index in [4.69, 9.17) is 4.74 Å². The predicted molar refractivity (Wildman–Crippen MR) is 82.7 cm³/mol. The Morgan fingerprint density at radius 1 is 1.17 bits per heavy atom. The summed E-state index contributed by atoms with van der Waals surface area (Å²) in [5.74, 6) is -0.653. The lowest BCUT2D eigenvalue weighted by atomic mass is 10.2. The highest BCUT2D eigenvalue weighted by atomic mass is 19.1. The summed E-state index contributed by atoms with van der Waals surface area (Å²) in [5.41, 5.74) is 1.58. The maximum atomic E-state index is 14.3. The van der Waals surface area contributed by atoms with Gasteiger partial charge >= 0.3 is 0 Å². The van der Waals surface area contributed by atoms with Crippen LogP contribution in [-0.2, 0) is 0 Å². The van der Waals surface area contributed by atoms with Crippen LogP contribution in [0.25, 0.3) is 28.1 Å². The fraction of sp³-hybridized carbons (Fsp3) is 0.125. The first kappa shape index (κ1) is 14.4. The van der Waals surface area contributed by atoms with Crippen molar-refractivity contribution in [3.05, 3.63) is 47.9 Å². The third kappa shape index (κ3) is 1.99. The van der Waals surface area contributed by atoms with Crippen LogP contribution in [0.4, 0.5) is 8.78 Å². The zero-order valence-electron chi connectivity index (χ0n) is 12.8. The van der Waals surface area contributed by atoms with Crippen molar-refractivity contribution in [1.82, 2.24) is 24.6 Å². The standard InChI is InChI=1S/C16H11F2N5O/c1-8-15-22-21-13-11(17)6-9(24-2)7-12(13)23(15)16(20-8)10-4-3-5-19-14(10)18/h3-7H,1-2H3. The fourth-order valence-corrected chi connectivity index (χ4v) is 2.64. The van der Waals surface area contributed by atoms with Crippen LogP contribution < -0.4 is 4.74 Å². The SMILES string of the molecule is COc1cc(F)c2nnc3c(C)nc(-c4cccnc4F)n3c2c1. The zero-order chi connectivity index (χ0) is 16.8. The summed E-state index contributed by atoms with van der Waals surface area (Å²) in [6, 6.07) is 5.99. The molecule has 4 rings (SSSR count). The van der Waals surface area contributed by atoms with Crippen LogP contribution in [0.2, 0.25) is 0 Å². The van der Waals surface area contributed by atoms with Crippen molar-refractivity contribution in [2.24, 2.45) is 0 Å². The number of benzene rings is 1. The normalized spacial score (nSPS) is 11.3. The van der Waals surface area contributed by atoms with Gasteiger partial charge in [0.1, 0.15) is 11.3 Å². The van der Waals surface area contributed by atoms with Gasteiger partial charge in [0.25, 0.3) is 0 Å². The van der Waals surface area contributed by atoms with Crippen molar-refractivity contribution in [3.8, 4) is 17.1 Å². The van der Waals surface area contributed by atoms with Crippen LogP contribution in [0.3, 0.4) is 0 Å². The summed E-state index contributed by atoms with van der Waals surface area (Å²) in [6.45, 7) is 1.73. The number of aryl methyl sites for hydroxylation is 1. The number of fused-ring (bicyclic) bond motifs is 3. The number of hydrogen-bond acceptors (Lipinski definition) is 5. The lowest BCUT2D eigenvalue weighted by Gasteiger charge is -2.08. The minimum absolute atomic E-state index is 0.0475. The lowest BCUT2D eigenvalue weighted by Crippen LogP contribution is -2.01. The summed E-state index contributed by atoms with van der Waals surface area (Å²) in [7, 11) is 1.44. The molecule has 1 aromatic carbocycles. The van der Waals surface area contributed by atoms with Crippen LogP contribution in [0.5, 0.6) is 5.75 Å². The number of methoxy groups -OCH3 is 1. The van der Waals surface area contributed by atoms with E-state index in [0.29, 0.717) is 22.6 Å². The first-order chi connectivity index (χ1) is 11.6. The molecule has 6 nitrogen and oxygen atoms in total. The molecule has 0 saturated heterocycles. The first-order valence-corrected chi connectivity index (χ1v) is 7.10. The summed E-state index contributed by atoms with van der Waals surface area (Å²) in [4.78, 5) is 8.02. The van der Waals surface area contributed by atoms with E-state index < -0.39 is 11.8 Å². The molecular formula is C16H11F2N5O. The predicted octanol–water partition coefficient (Wildman–Crippen LogP) is 2.93. The van der Waals surface area contributed by atoms with Gasteiger partial charge in [-0.1, -0.05) is 0 Å². The van der Waals surface area contributed by atoms with Crippen molar-refractivity contribution in [2.75, 3.05) is 7.11 Å². The van der Waals surface area contributed by atoms with E-state index in [0.717, 1.165) is 0 Å². The molecule has 0 aliphatic carbocycles. The molecule has 0 aliphatic heterocycles. The molecule has 0 amide bonds. The van der Waals surface area contributed by atoms with Gasteiger partial charge in [0.2, 0.25) is 5.95 Å². The Kier molecular flexibility index (Phi) is 3.12. The van der Waals surface area contributed by atoms with Gasteiger partial charge < -0.3 is 4.74 Å². The summed E-state index contributed by atoms with van der Waals surface area (Å²) >= 11 is 0. The summed E-state index contributed by atoms with van der Waals surface area (Å²) in [5, 5.41) is 7.95. The molecule has 0 unspecified atom stereocenters. The maximum Gasteiger partial charge on any atom is 0.223 e. The minimum atomic E-state index is -0.669. The largest absolute Gasteiger partial charge is 0.497 e. The highest BCUT2D eigenvalue weighted by Crippen LogP contribution is 2.29. The Balaban J connectivity index is 2.19. The Morgan fingerprint density at radius 2 is 2.00 bits per heavy atom. The van der Waals surface area contributed by atoms with E-state index in [1.54, 1.807) is 29.5 Å². The van der Waals surface area contributed by atoms with Gasteiger partial charge in [-0.25, -0.2) is 14.4 Å². The second kappa shape index (κ2) is 5.19. The van der Waals surface area contributed by atoms with Gasteiger partial charge in [0.05, 0.1) is 23.9 Å². The molecule has 120 valence electrons. The highest BCUT2D eigenvalue weighted by molar-refractivity contribution is 5.82. The lowest BCUT2D eigenvalue weighted by molar-refractivity contribution is 0.412. The van der Waals surface area contributed by atoms with E-state index >= 15 is 0 Å². The van der Waals surface area contributed by atoms with Crippen molar-refractivity contribution in [1.29, 1.82) is 0 Å². The quantitative estimate of drug-likeness (QED) is 0.530. The summed E-state index contributed by atoms with van der Waals surface area (Å²) < 4.78 is 35.1. The van der Waals surface area contributed by atoms with Crippen LogP contribution >= 0.6 is 0 Å². The van der Waals surface area contributed by atoms with Crippen molar-refractivity contribution < 1.29 is 13.5 Å². The van der Waals surface area contributed by atoms with Crippen LogP contribution in [0.15, 0.2) is 30.5 Å². The van der Waals surface area contributed by atoms with E-state index in [2.05, 4.69) is 20.2 Å². The van der Waals surface area contributed by atoms with Gasteiger partial charge in [-0.15, -0.1) is 10.2 Å². The van der Waals surface area contributed by atoms with E-state index in [1.165, 1.54) is 19.4 Å². The first-order valence-electron chi connectivity index (χ1n) is 7.10. The van der Waals surface area contributed by atoms with Crippen LogP contribution in [0.1, 0.15) is 5.69 Å². The average molecular weight is 327 g/mol. The molecule has 4 aromatic rings. The number of aromatic nitrogens is 5. The molecule has 0 fully saturated rings. The topological polar surface area (TPSA) is 65.2 Å². The highest BCUT2D eigenvalue weighted by Gasteiger charge is 2.19. The molecule has 0 radical (unpaired) electrons. The molecule has 0 aliphatic rings. The number of nitrogens with zero attached hydrogens (tertiary/aromatic N) is 5. The molecule has 0 spiro atoms. The zero-order valence-corrected chi connectivity index (χ0v) is 12.8. The molecular weight excluding hydrogens is 316 g/mol. The second-order valence-electron chi connectivity index (χ2n) is 5.20. The number of rotatable bonds is 2. The van der Waals surface area contributed by atoms with Gasteiger partial charge in [0, 0.05) is 18.3 Å². The monoisotopic (exact) mass is 327 g/mol. The Labute approximate surface area is 134 Å². The Bertz CT molecular complexity index is 1090. The Morgan fingerprint density at radius 3 is 2.75 bits per heavy atom. The van der Waals surface area contributed by atoms with Gasteiger partial charge in [0.15, 0.2) is 17.3 Å². The molecule has 0 bridgehead atoms. The third-order valence-electron chi connectivity index (χ3n) is 3.76. The minimum Gasteiger partial charge on any atom is -0.497 e. The maximum absolute atomic E-state index is 14.3. The van der Waals surface area contributed by atoms with Gasteiger partial charge in [-0.2, -0.15) is 4.39 Å². The average Bonchev–Trinajstić information content (AvgIpc) is 2.92. The van der Waals surface area contributed by atoms with E-state index in [-0.39, 0.29) is 16.9 Å². The number of ether oxygens (including phenoxy) is 1. The van der Waals surface area contributed by atoms with Crippen molar-refractivity contribution in [2.45, 2.75) is 6.92 Å². The van der Waals surface area contributed by atoms with E-state index in [1.807, 2.05) is 0 Å². The van der Waals surface area contributed by atoms with Crippen LogP contribution in [0, 0.1) is 18.7 Å². The summed E-state index contributed by atoms with van der Waals surface area (Å²) in [6.07, 6.45) is 1.35. The number of pyridine rings is 1. The van der Waals surface area contributed by atoms with Gasteiger partial charge in [-0.3, -0.25) is 4.40 Å². The van der Waals surface area contributed by atoms with Crippen LogP contribution in [-0.4, -0.2) is 31.7 Å². The second-order valence-corrected chi connectivity index (χ2v) is 5.20. The molecule has 0 atom stereocenters.